The molecule has 7 heteroatoms. The Labute approximate surface area is 81.0 Å². The summed E-state index contributed by atoms with van der Waals surface area (Å²) in [4.78, 5) is 11.4. The van der Waals surface area contributed by atoms with E-state index in [1.807, 2.05) is 0 Å². The molecule has 0 spiro atoms. The molecule has 0 unspecified atom stereocenters. The Hall–Kier alpha value is -1.37. The van der Waals surface area contributed by atoms with Crippen molar-refractivity contribution < 1.29 is 13.2 Å². The Morgan fingerprint density at radius 1 is 1.57 bits per heavy atom. The lowest BCUT2D eigenvalue weighted by atomic mass is 10.1. The molecule has 2 rings (SSSR count). The Kier molecular flexibility index (Phi) is 1.84. The summed E-state index contributed by atoms with van der Waals surface area (Å²) in [7, 11) is -3.49. The molecule has 0 bridgehead atoms. The molecule has 0 radical (unpaired) electrons. The molecule has 1 amide bonds. The number of aromatic nitrogens is 2. The Bertz CT molecular complexity index is 488. The number of nitrogens with one attached hydrogen (secondary N) is 1. The number of hydrogen-bond acceptors (Lipinski definition) is 4. The first-order valence-electron chi connectivity index (χ1n) is 4.06. The van der Waals surface area contributed by atoms with Crippen LogP contribution in [0.25, 0.3) is 0 Å². The van der Waals surface area contributed by atoms with E-state index in [9.17, 15) is 13.2 Å². The highest BCUT2D eigenvalue weighted by molar-refractivity contribution is 7.89. The van der Waals surface area contributed by atoms with Crippen LogP contribution in [-0.4, -0.2) is 36.3 Å². The average Bonchev–Trinajstić information content (AvgIpc) is 2.47. The fourth-order valence-electron chi connectivity index (χ4n) is 1.43. The van der Waals surface area contributed by atoms with E-state index < -0.39 is 10.0 Å². The van der Waals surface area contributed by atoms with Gasteiger partial charge in [-0.15, -0.1) is 0 Å². The molecule has 1 N–H and O–H groups in total. The maximum atomic E-state index is 11.4. The molecule has 1 aromatic heterocycles. The van der Waals surface area contributed by atoms with Crippen LogP contribution in [0.3, 0.4) is 0 Å². The lowest BCUT2D eigenvalue weighted by Crippen LogP contribution is -2.34. The van der Waals surface area contributed by atoms with Crippen molar-refractivity contribution in [2.45, 2.75) is 6.42 Å². The largest absolute Gasteiger partial charge is 0.350 e. The Balaban J connectivity index is 2.66. The van der Waals surface area contributed by atoms with Crippen LogP contribution in [-0.2, 0) is 16.4 Å². The molecule has 0 aliphatic carbocycles. The number of rotatable bonds is 1. The van der Waals surface area contributed by atoms with E-state index in [-0.39, 0.29) is 11.6 Å². The van der Waals surface area contributed by atoms with E-state index in [4.69, 9.17) is 0 Å². The number of carbonyl (C=O) groups excluding carboxylic acids is 1. The zero-order valence-electron chi connectivity index (χ0n) is 7.52. The molecule has 0 fully saturated rings. The van der Waals surface area contributed by atoms with Crippen molar-refractivity contribution >= 4 is 15.9 Å². The third-order valence-corrected chi connectivity index (χ3v) is 2.93. The Morgan fingerprint density at radius 2 is 2.29 bits per heavy atom. The van der Waals surface area contributed by atoms with Crippen LogP contribution in [0.15, 0.2) is 6.20 Å². The summed E-state index contributed by atoms with van der Waals surface area (Å²) in [5.41, 5.74) is 0.818. The average molecular weight is 215 g/mol. The van der Waals surface area contributed by atoms with Crippen molar-refractivity contribution in [1.82, 2.24) is 14.5 Å². The van der Waals surface area contributed by atoms with Gasteiger partial charge in [0.1, 0.15) is 5.69 Å². The molecule has 14 heavy (non-hydrogen) atoms. The van der Waals surface area contributed by atoms with Gasteiger partial charge in [-0.05, 0) is 6.42 Å². The van der Waals surface area contributed by atoms with E-state index in [0.29, 0.717) is 18.5 Å². The lowest BCUT2D eigenvalue weighted by molar-refractivity contribution is 0.0939. The van der Waals surface area contributed by atoms with Crippen molar-refractivity contribution in [1.29, 1.82) is 0 Å². The second-order valence-corrected chi connectivity index (χ2v) is 4.94. The van der Waals surface area contributed by atoms with Gasteiger partial charge in [0.15, 0.2) is 0 Å². The lowest BCUT2D eigenvalue weighted by Gasteiger charge is -2.13. The van der Waals surface area contributed by atoms with Gasteiger partial charge >= 0.3 is 0 Å². The van der Waals surface area contributed by atoms with Crippen molar-refractivity contribution in [2.75, 3.05) is 12.8 Å². The molecule has 6 nitrogen and oxygen atoms in total. The fourth-order valence-corrected chi connectivity index (χ4v) is 2.18. The second kappa shape index (κ2) is 2.81. The highest BCUT2D eigenvalue weighted by atomic mass is 32.2. The van der Waals surface area contributed by atoms with Gasteiger partial charge in [-0.1, -0.05) is 0 Å². The topological polar surface area (TPSA) is 81.1 Å². The van der Waals surface area contributed by atoms with Gasteiger partial charge in [-0.2, -0.15) is 9.19 Å². The summed E-state index contributed by atoms with van der Waals surface area (Å²) in [6.45, 7) is 0.529. The summed E-state index contributed by atoms with van der Waals surface area (Å²) >= 11 is 0. The number of amides is 1. The second-order valence-electron chi connectivity index (χ2n) is 3.13. The number of carbonyl (C=O) groups is 1. The van der Waals surface area contributed by atoms with Crippen molar-refractivity contribution in [3.05, 3.63) is 17.5 Å². The first kappa shape index (κ1) is 9.20. The first-order chi connectivity index (χ1) is 6.50. The molecule has 1 aromatic rings. The van der Waals surface area contributed by atoms with Crippen LogP contribution in [0.5, 0.6) is 0 Å². The van der Waals surface area contributed by atoms with Crippen LogP contribution in [0.2, 0.25) is 0 Å². The predicted molar refractivity (Wildman–Crippen MR) is 48.5 cm³/mol. The predicted octanol–water partition coefficient (Wildman–Crippen LogP) is -1.02. The quantitative estimate of drug-likeness (QED) is 0.650. The smallest absolute Gasteiger partial charge is 0.271 e. The molecule has 0 atom stereocenters. The van der Waals surface area contributed by atoms with Gasteiger partial charge in [0.25, 0.3) is 15.9 Å². The summed E-state index contributed by atoms with van der Waals surface area (Å²) in [6, 6.07) is 0. The number of nitrogens with zero attached hydrogens (tertiary/aromatic N) is 2. The standard InChI is InChI=1S/C7H9N3O3S/c1-14(12,13)10-6-5(4-9-10)2-3-8-7(6)11/h4H,2-3H2,1H3,(H,8,11). The van der Waals surface area contributed by atoms with Gasteiger partial charge in [0.2, 0.25) is 0 Å². The van der Waals surface area contributed by atoms with Gasteiger partial charge < -0.3 is 5.32 Å². The number of hydrogen-bond donors (Lipinski definition) is 1. The van der Waals surface area contributed by atoms with Crippen LogP contribution in [0.1, 0.15) is 16.1 Å². The van der Waals surface area contributed by atoms with E-state index >= 15 is 0 Å². The van der Waals surface area contributed by atoms with Gasteiger partial charge in [-0.3, -0.25) is 4.79 Å². The summed E-state index contributed by atoms with van der Waals surface area (Å²) in [6.07, 6.45) is 3.06. The minimum atomic E-state index is -3.49. The first-order valence-corrected chi connectivity index (χ1v) is 5.90. The molecule has 1 aliphatic heterocycles. The third-order valence-electron chi connectivity index (χ3n) is 2.02. The zero-order valence-corrected chi connectivity index (χ0v) is 8.34. The zero-order chi connectivity index (χ0) is 10.3. The van der Waals surface area contributed by atoms with Crippen molar-refractivity contribution in [3.8, 4) is 0 Å². The van der Waals surface area contributed by atoms with Crippen LogP contribution in [0, 0.1) is 0 Å². The summed E-state index contributed by atoms with van der Waals surface area (Å²) in [5, 5.41) is 6.26. The monoisotopic (exact) mass is 215 g/mol. The number of fused-ring (bicyclic) bond motifs is 1. The molecule has 2 heterocycles. The normalized spacial score (nSPS) is 16.2. The molecule has 0 aromatic carbocycles. The molecule has 0 saturated carbocycles. The SMILES string of the molecule is CS(=O)(=O)n1ncc2c1C(=O)NCC2. The van der Waals surface area contributed by atoms with Gasteiger partial charge in [0.05, 0.1) is 12.5 Å². The van der Waals surface area contributed by atoms with Crippen molar-refractivity contribution in [2.24, 2.45) is 0 Å². The molecule has 76 valence electrons. The van der Waals surface area contributed by atoms with E-state index in [2.05, 4.69) is 10.4 Å². The van der Waals surface area contributed by atoms with Crippen LogP contribution in [0.4, 0.5) is 0 Å². The highest BCUT2D eigenvalue weighted by Crippen LogP contribution is 2.14. The highest BCUT2D eigenvalue weighted by Gasteiger charge is 2.25. The minimum Gasteiger partial charge on any atom is -0.350 e. The van der Waals surface area contributed by atoms with E-state index in [1.165, 1.54) is 6.20 Å². The molecule has 0 saturated heterocycles. The van der Waals surface area contributed by atoms with Crippen LogP contribution < -0.4 is 5.32 Å². The van der Waals surface area contributed by atoms with Crippen LogP contribution >= 0.6 is 0 Å². The minimum absolute atomic E-state index is 0.138. The Morgan fingerprint density at radius 3 is 2.93 bits per heavy atom. The van der Waals surface area contributed by atoms with Gasteiger partial charge in [0, 0.05) is 12.1 Å². The summed E-state index contributed by atoms with van der Waals surface area (Å²) in [5.74, 6) is -0.380. The van der Waals surface area contributed by atoms with Crippen molar-refractivity contribution in [3.63, 3.8) is 0 Å². The fraction of sp³-hybridized carbons (Fsp3) is 0.429. The van der Waals surface area contributed by atoms with Gasteiger partial charge in [-0.25, -0.2) is 8.42 Å². The third kappa shape index (κ3) is 1.29. The molecular weight excluding hydrogens is 206 g/mol. The maximum Gasteiger partial charge on any atom is 0.271 e. The maximum absolute atomic E-state index is 11.4. The summed E-state index contributed by atoms with van der Waals surface area (Å²) < 4.78 is 23.2. The van der Waals surface area contributed by atoms with E-state index in [0.717, 1.165) is 10.3 Å². The molecular formula is C7H9N3O3S. The molecule has 1 aliphatic rings. The van der Waals surface area contributed by atoms with E-state index in [1.54, 1.807) is 0 Å².